The molecular weight excluding hydrogens is 312 g/mol. The molecule has 1 amide bonds. The van der Waals surface area contributed by atoms with Crippen LogP contribution in [0, 0.1) is 0 Å². The molecule has 1 aromatic heterocycles. The third-order valence-electron chi connectivity index (χ3n) is 4.16. The number of hydrogen-bond donors (Lipinski definition) is 0. The smallest absolute Gasteiger partial charge is 0.255 e. The molecule has 1 fully saturated rings. The van der Waals surface area contributed by atoms with Crippen LogP contribution in [0.5, 0.6) is 0 Å². The number of nitrogens with zero attached hydrogens (tertiary/aromatic N) is 2. The van der Waals surface area contributed by atoms with E-state index >= 15 is 0 Å². The number of pyridine rings is 1. The summed E-state index contributed by atoms with van der Waals surface area (Å²) in [6, 6.07) is 10.8. The summed E-state index contributed by atoms with van der Waals surface area (Å²) < 4.78 is 0. The Kier molecular flexibility index (Phi) is 4.72. The van der Waals surface area contributed by atoms with E-state index in [2.05, 4.69) is 4.98 Å². The van der Waals surface area contributed by atoms with Crippen LogP contribution in [0.1, 0.15) is 40.0 Å². The number of aromatic nitrogens is 1. The quantitative estimate of drug-likeness (QED) is 0.805. The first kappa shape index (κ1) is 15.7. The Hall–Kier alpha value is -2.20. The monoisotopic (exact) mass is 328 g/mol. The van der Waals surface area contributed by atoms with E-state index in [0.29, 0.717) is 29.1 Å². The largest absolute Gasteiger partial charge is 0.335 e. The molecule has 23 heavy (non-hydrogen) atoms. The fourth-order valence-corrected chi connectivity index (χ4v) is 3.17. The molecule has 0 aliphatic carbocycles. The van der Waals surface area contributed by atoms with E-state index in [9.17, 15) is 9.59 Å². The first-order chi connectivity index (χ1) is 11.2. The van der Waals surface area contributed by atoms with Gasteiger partial charge in [-0.1, -0.05) is 41.9 Å². The summed E-state index contributed by atoms with van der Waals surface area (Å²) in [5, 5.41) is 0.345. The molecule has 2 heterocycles. The molecule has 0 radical (unpaired) electrons. The van der Waals surface area contributed by atoms with E-state index < -0.39 is 0 Å². The van der Waals surface area contributed by atoms with E-state index in [1.807, 2.05) is 30.3 Å². The second-order valence-electron chi connectivity index (χ2n) is 5.64. The fraction of sp³-hybridized carbons (Fsp3) is 0.278. The lowest BCUT2D eigenvalue weighted by molar-refractivity contribution is 0.0717. The summed E-state index contributed by atoms with van der Waals surface area (Å²) in [5.74, 6) is -0.0584. The predicted molar refractivity (Wildman–Crippen MR) is 88.7 cm³/mol. The molecule has 0 bridgehead atoms. The average Bonchev–Trinajstić information content (AvgIpc) is 3.03. The highest BCUT2D eigenvalue weighted by Crippen LogP contribution is 2.26. The van der Waals surface area contributed by atoms with Crippen LogP contribution in [0.3, 0.4) is 0 Å². The van der Waals surface area contributed by atoms with Crippen LogP contribution in [0.4, 0.5) is 0 Å². The van der Waals surface area contributed by atoms with E-state index in [1.165, 1.54) is 6.20 Å². The van der Waals surface area contributed by atoms with Crippen LogP contribution < -0.4 is 0 Å². The first-order valence-electron chi connectivity index (χ1n) is 7.65. The van der Waals surface area contributed by atoms with E-state index in [-0.39, 0.29) is 17.7 Å². The van der Waals surface area contributed by atoms with Gasteiger partial charge in [0.1, 0.15) is 0 Å². The molecule has 0 spiro atoms. The minimum atomic E-state index is -0.124. The van der Waals surface area contributed by atoms with Crippen LogP contribution in [0.25, 0.3) is 0 Å². The Balaban J connectivity index is 1.74. The second-order valence-corrected chi connectivity index (χ2v) is 6.05. The highest BCUT2D eigenvalue weighted by Gasteiger charge is 2.31. The Morgan fingerprint density at radius 1 is 1.22 bits per heavy atom. The van der Waals surface area contributed by atoms with Crippen LogP contribution in [0.15, 0.2) is 48.8 Å². The van der Waals surface area contributed by atoms with Gasteiger partial charge >= 0.3 is 0 Å². The fourth-order valence-electron chi connectivity index (χ4n) is 2.97. The van der Waals surface area contributed by atoms with Crippen molar-refractivity contribution in [3.05, 3.63) is 64.9 Å². The zero-order chi connectivity index (χ0) is 16.2. The Morgan fingerprint density at radius 2 is 2.00 bits per heavy atom. The number of ketones is 1. The molecule has 2 aromatic rings. The lowest BCUT2D eigenvalue weighted by Gasteiger charge is -2.24. The minimum Gasteiger partial charge on any atom is -0.335 e. The average molecular weight is 329 g/mol. The number of Topliss-reactive ketones (excluding diaryl/α,β-unsaturated/α-hetero) is 1. The van der Waals surface area contributed by atoms with Gasteiger partial charge in [0.2, 0.25) is 0 Å². The lowest BCUT2D eigenvalue weighted by atomic mass is 10.0. The molecule has 1 atom stereocenters. The predicted octanol–water partition coefficient (Wildman–Crippen LogP) is 3.61. The van der Waals surface area contributed by atoms with Gasteiger partial charge in [-0.15, -0.1) is 0 Å². The SMILES string of the molecule is O=C(CC1CCCN1C(=O)c1ccncc1Cl)c1ccccc1. The van der Waals surface area contributed by atoms with Gasteiger partial charge in [0, 0.05) is 37.0 Å². The van der Waals surface area contributed by atoms with Crippen molar-refractivity contribution in [3.63, 3.8) is 0 Å². The zero-order valence-corrected chi connectivity index (χ0v) is 13.4. The van der Waals surface area contributed by atoms with Crippen molar-refractivity contribution in [2.75, 3.05) is 6.54 Å². The number of hydrogen-bond acceptors (Lipinski definition) is 3. The van der Waals surface area contributed by atoms with Crippen molar-refractivity contribution < 1.29 is 9.59 Å². The van der Waals surface area contributed by atoms with Crippen LogP contribution in [-0.2, 0) is 0 Å². The van der Waals surface area contributed by atoms with Crippen LogP contribution in [-0.4, -0.2) is 34.2 Å². The van der Waals surface area contributed by atoms with Gasteiger partial charge in [-0.3, -0.25) is 14.6 Å². The van der Waals surface area contributed by atoms with Crippen molar-refractivity contribution >= 4 is 23.3 Å². The van der Waals surface area contributed by atoms with E-state index in [1.54, 1.807) is 17.2 Å². The van der Waals surface area contributed by atoms with Crippen molar-refractivity contribution in [2.24, 2.45) is 0 Å². The van der Waals surface area contributed by atoms with Gasteiger partial charge in [0.25, 0.3) is 5.91 Å². The Morgan fingerprint density at radius 3 is 2.74 bits per heavy atom. The zero-order valence-electron chi connectivity index (χ0n) is 12.6. The number of benzene rings is 1. The van der Waals surface area contributed by atoms with Gasteiger partial charge < -0.3 is 4.90 Å². The highest BCUT2D eigenvalue weighted by atomic mass is 35.5. The topological polar surface area (TPSA) is 50.3 Å². The summed E-state index contributed by atoms with van der Waals surface area (Å²) in [6.07, 6.45) is 5.11. The summed E-state index contributed by atoms with van der Waals surface area (Å²) in [7, 11) is 0. The molecule has 3 rings (SSSR count). The molecule has 0 N–H and O–H groups in total. The maximum absolute atomic E-state index is 12.7. The summed E-state index contributed by atoms with van der Waals surface area (Å²) >= 11 is 6.07. The van der Waals surface area contributed by atoms with Gasteiger partial charge in [-0.25, -0.2) is 0 Å². The second kappa shape index (κ2) is 6.92. The summed E-state index contributed by atoms with van der Waals surface area (Å²) in [6.45, 7) is 0.657. The van der Waals surface area contributed by atoms with Crippen molar-refractivity contribution in [1.29, 1.82) is 0 Å². The number of rotatable bonds is 4. The maximum atomic E-state index is 12.7. The number of likely N-dealkylation sites (tertiary alicyclic amines) is 1. The normalized spacial score (nSPS) is 17.3. The van der Waals surface area contributed by atoms with Crippen LogP contribution >= 0.6 is 11.6 Å². The summed E-state index contributed by atoms with van der Waals surface area (Å²) in [5.41, 5.74) is 1.13. The molecule has 1 aliphatic rings. The number of halogens is 1. The molecule has 0 saturated carbocycles. The number of carbonyl (C=O) groups excluding carboxylic acids is 2. The molecule has 1 aliphatic heterocycles. The lowest BCUT2D eigenvalue weighted by Crippen LogP contribution is -2.37. The van der Waals surface area contributed by atoms with Crippen molar-refractivity contribution in [2.45, 2.75) is 25.3 Å². The first-order valence-corrected chi connectivity index (χ1v) is 8.03. The Labute approximate surface area is 140 Å². The van der Waals surface area contributed by atoms with Crippen molar-refractivity contribution in [1.82, 2.24) is 9.88 Å². The molecule has 118 valence electrons. The molecule has 1 aromatic carbocycles. The molecule has 1 saturated heterocycles. The minimum absolute atomic E-state index is 0.0659. The number of carbonyl (C=O) groups is 2. The van der Waals surface area contributed by atoms with E-state index in [0.717, 1.165) is 12.8 Å². The number of amides is 1. The molecular formula is C18H17ClN2O2. The van der Waals surface area contributed by atoms with Gasteiger partial charge in [0.15, 0.2) is 5.78 Å². The standard InChI is InChI=1S/C18H17ClN2O2/c19-16-12-20-9-8-15(16)18(23)21-10-4-7-14(21)11-17(22)13-5-2-1-3-6-13/h1-3,5-6,8-9,12,14H,4,7,10-11H2. The molecule has 4 nitrogen and oxygen atoms in total. The Bertz CT molecular complexity index is 718. The maximum Gasteiger partial charge on any atom is 0.255 e. The summed E-state index contributed by atoms with van der Waals surface area (Å²) in [4.78, 5) is 30.8. The molecule has 1 unspecified atom stereocenters. The third-order valence-corrected chi connectivity index (χ3v) is 4.46. The highest BCUT2D eigenvalue weighted by molar-refractivity contribution is 6.33. The molecule has 5 heteroatoms. The third kappa shape index (κ3) is 3.42. The van der Waals surface area contributed by atoms with E-state index in [4.69, 9.17) is 11.6 Å². The van der Waals surface area contributed by atoms with Gasteiger partial charge in [-0.2, -0.15) is 0 Å². The van der Waals surface area contributed by atoms with Crippen molar-refractivity contribution in [3.8, 4) is 0 Å². The van der Waals surface area contributed by atoms with Crippen LogP contribution in [0.2, 0.25) is 5.02 Å². The van der Waals surface area contributed by atoms with Gasteiger partial charge in [0.05, 0.1) is 10.6 Å². The van der Waals surface area contributed by atoms with Gasteiger partial charge in [-0.05, 0) is 18.9 Å².